The van der Waals surface area contributed by atoms with Crippen LogP contribution in [0.5, 0.6) is 0 Å². The zero-order chi connectivity index (χ0) is 14.8. The van der Waals surface area contributed by atoms with Gasteiger partial charge in [0.25, 0.3) is 5.91 Å². The number of aliphatic hydroxyl groups excluding tert-OH is 1. The molecule has 0 unspecified atom stereocenters. The van der Waals surface area contributed by atoms with Crippen LogP contribution in [0.3, 0.4) is 0 Å². The number of aliphatic hydroxyl groups is 1. The minimum absolute atomic E-state index is 0.00197. The molecule has 0 aliphatic rings. The number of nitrogens with zero attached hydrogens (tertiary/aromatic N) is 1. The van der Waals surface area contributed by atoms with E-state index in [0.717, 1.165) is 0 Å². The van der Waals surface area contributed by atoms with Gasteiger partial charge in [-0.1, -0.05) is 6.07 Å². The van der Waals surface area contributed by atoms with Crippen molar-refractivity contribution < 1.29 is 19.4 Å². The Bertz CT molecular complexity index is 409. The molecule has 1 aromatic rings. The standard InChI is InChI=1S/C13H20N2O4S/c1-15(13(18)11-4-2-9-20-11)10-12(17)14-5-3-7-19-8-6-16/h2,4,9,16H,3,5-8,10H2,1H3,(H,14,17). The predicted octanol–water partition coefficient (Wildman–Crippen LogP) is 0.335. The van der Waals surface area contributed by atoms with Crippen molar-refractivity contribution in [3.05, 3.63) is 22.4 Å². The van der Waals surface area contributed by atoms with E-state index >= 15 is 0 Å². The molecular weight excluding hydrogens is 280 g/mol. The lowest BCUT2D eigenvalue weighted by Crippen LogP contribution is -2.38. The molecule has 1 aromatic heterocycles. The van der Waals surface area contributed by atoms with Crippen LogP contribution >= 0.6 is 11.3 Å². The number of carbonyl (C=O) groups is 2. The Balaban J connectivity index is 2.17. The third-order valence-corrected chi connectivity index (χ3v) is 3.34. The Hall–Kier alpha value is -1.44. The number of hydrogen-bond donors (Lipinski definition) is 2. The van der Waals surface area contributed by atoms with Gasteiger partial charge in [-0.3, -0.25) is 9.59 Å². The maximum absolute atomic E-state index is 11.9. The van der Waals surface area contributed by atoms with Gasteiger partial charge in [0.05, 0.1) is 24.6 Å². The van der Waals surface area contributed by atoms with Crippen molar-refractivity contribution in [1.29, 1.82) is 0 Å². The lowest BCUT2D eigenvalue weighted by atomic mass is 10.4. The summed E-state index contributed by atoms with van der Waals surface area (Å²) in [4.78, 5) is 25.6. The van der Waals surface area contributed by atoms with Crippen molar-refractivity contribution in [2.24, 2.45) is 0 Å². The Morgan fingerprint density at radius 3 is 2.90 bits per heavy atom. The molecule has 1 rings (SSSR count). The van der Waals surface area contributed by atoms with Crippen LogP contribution in [0.4, 0.5) is 0 Å². The van der Waals surface area contributed by atoms with Crippen LogP contribution in [-0.4, -0.2) is 61.8 Å². The number of carbonyl (C=O) groups excluding carboxylic acids is 2. The van der Waals surface area contributed by atoms with Crippen molar-refractivity contribution in [3.63, 3.8) is 0 Å². The number of amides is 2. The molecule has 7 heteroatoms. The fourth-order valence-electron chi connectivity index (χ4n) is 1.50. The van der Waals surface area contributed by atoms with E-state index in [-0.39, 0.29) is 25.0 Å². The van der Waals surface area contributed by atoms with Gasteiger partial charge in [-0.05, 0) is 17.9 Å². The molecule has 0 aliphatic heterocycles. The molecule has 0 saturated carbocycles. The van der Waals surface area contributed by atoms with E-state index in [4.69, 9.17) is 9.84 Å². The second-order valence-electron chi connectivity index (χ2n) is 4.18. The highest BCUT2D eigenvalue weighted by molar-refractivity contribution is 7.12. The summed E-state index contributed by atoms with van der Waals surface area (Å²) in [6.45, 7) is 1.33. The average molecular weight is 300 g/mol. The van der Waals surface area contributed by atoms with E-state index in [0.29, 0.717) is 31.1 Å². The first-order chi connectivity index (χ1) is 9.65. The largest absolute Gasteiger partial charge is 0.394 e. The molecule has 6 nitrogen and oxygen atoms in total. The van der Waals surface area contributed by atoms with Crippen LogP contribution in [-0.2, 0) is 9.53 Å². The minimum atomic E-state index is -0.195. The summed E-state index contributed by atoms with van der Waals surface area (Å²) in [5.74, 6) is -0.346. The number of hydrogen-bond acceptors (Lipinski definition) is 5. The highest BCUT2D eigenvalue weighted by Crippen LogP contribution is 2.10. The molecule has 1 heterocycles. The SMILES string of the molecule is CN(CC(=O)NCCCOCCO)C(=O)c1cccs1. The van der Waals surface area contributed by atoms with Gasteiger partial charge >= 0.3 is 0 Å². The van der Waals surface area contributed by atoms with Gasteiger partial charge in [0, 0.05) is 20.2 Å². The summed E-state index contributed by atoms with van der Waals surface area (Å²) < 4.78 is 5.07. The Kier molecular flexibility index (Phi) is 7.86. The van der Waals surface area contributed by atoms with Gasteiger partial charge in [-0.2, -0.15) is 0 Å². The topological polar surface area (TPSA) is 78.9 Å². The third kappa shape index (κ3) is 6.14. The summed E-state index contributed by atoms with van der Waals surface area (Å²) in [6, 6.07) is 3.54. The zero-order valence-electron chi connectivity index (χ0n) is 11.5. The fourth-order valence-corrected chi connectivity index (χ4v) is 2.22. The van der Waals surface area contributed by atoms with Gasteiger partial charge in [-0.15, -0.1) is 11.3 Å². The second kappa shape index (κ2) is 9.46. The van der Waals surface area contributed by atoms with Crippen LogP contribution in [0.15, 0.2) is 17.5 Å². The van der Waals surface area contributed by atoms with Crippen LogP contribution in [0, 0.1) is 0 Å². The zero-order valence-corrected chi connectivity index (χ0v) is 12.3. The molecule has 0 saturated heterocycles. The summed E-state index contributed by atoms with van der Waals surface area (Å²) in [5, 5.41) is 13.1. The number of thiophene rings is 1. The highest BCUT2D eigenvalue weighted by Gasteiger charge is 2.15. The minimum Gasteiger partial charge on any atom is -0.394 e. The first-order valence-corrected chi connectivity index (χ1v) is 7.27. The quantitative estimate of drug-likeness (QED) is 0.644. The molecule has 112 valence electrons. The molecule has 0 fully saturated rings. The van der Waals surface area contributed by atoms with Crippen LogP contribution in [0.25, 0.3) is 0 Å². The third-order valence-electron chi connectivity index (χ3n) is 2.48. The van der Waals surface area contributed by atoms with Gasteiger partial charge in [-0.25, -0.2) is 0 Å². The number of nitrogens with one attached hydrogen (secondary N) is 1. The van der Waals surface area contributed by atoms with Crippen LogP contribution in [0.2, 0.25) is 0 Å². The average Bonchev–Trinajstić information content (AvgIpc) is 2.95. The number of likely N-dealkylation sites (N-methyl/N-ethyl adjacent to an activating group) is 1. The molecule has 0 bridgehead atoms. The molecule has 2 N–H and O–H groups in total. The maximum atomic E-state index is 11.9. The van der Waals surface area contributed by atoms with Gasteiger partial charge in [0.15, 0.2) is 0 Å². The molecule has 0 atom stereocenters. The second-order valence-corrected chi connectivity index (χ2v) is 5.13. The summed E-state index contributed by atoms with van der Waals surface area (Å²) in [5.41, 5.74) is 0. The molecule has 2 amide bonds. The number of rotatable bonds is 9. The van der Waals surface area contributed by atoms with Crippen molar-refractivity contribution >= 4 is 23.2 Å². The molecule has 0 aliphatic carbocycles. The molecule has 0 aromatic carbocycles. The van der Waals surface area contributed by atoms with E-state index in [1.165, 1.54) is 16.2 Å². The highest BCUT2D eigenvalue weighted by atomic mass is 32.1. The first kappa shape index (κ1) is 16.6. The summed E-state index contributed by atoms with van der Waals surface area (Å²) >= 11 is 1.36. The van der Waals surface area contributed by atoms with E-state index in [9.17, 15) is 9.59 Å². The summed E-state index contributed by atoms with van der Waals surface area (Å²) in [7, 11) is 1.60. The van der Waals surface area contributed by atoms with Crippen molar-refractivity contribution in [2.75, 3.05) is 40.0 Å². The number of ether oxygens (including phenoxy) is 1. The van der Waals surface area contributed by atoms with Crippen molar-refractivity contribution in [2.45, 2.75) is 6.42 Å². The predicted molar refractivity (Wildman–Crippen MR) is 76.8 cm³/mol. The Morgan fingerprint density at radius 1 is 1.45 bits per heavy atom. The van der Waals surface area contributed by atoms with E-state index in [2.05, 4.69) is 5.32 Å². The molecule has 0 radical (unpaired) electrons. The smallest absolute Gasteiger partial charge is 0.264 e. The van der Waals surface area contributed by atoms with Crippen molar-refractivity contribution in [1.82, 2.24) is 10.2 Å². The van der Waals surface area contributed by atoms with E-state index in [1.54, 1.807) is 19.2 Å². The van der Waals surface area contributed by atoms with E-state index < -0.39 is 0 Å². The van der Waals surface area contributed by atoms with Gasteiger partial charge in [0.1, 0.15) is 0 Å². The monoisotopic (exact) mass is 300 g/mol. The maximum Gasteiger partial charge on any atom is 0.264 e. The molecular formula is C13H20N2O4S. The fraction of sp³-hybridized carbons (Fsp3) is 0.538. The van der Waals surface area contributed by atoms with E-state index in [1.807, 2.05) is 5.38 Å². The van der Waals surface area contributed by atoms with Crippen LogP contribution < -0.4 is 5.32 Å². The lowest BCUT2D eigenvalue weighted by molar-refractivity contribution is -0.121. The van der Waals surface area contributed by atoms with Gasteiger partial charge in [0.2, 0.25) is 5.91 Å². The van der Waals surface area contributed by atoms with Gasteiger partial charge < -0.3 is 20.1 Å². The Morgan fingerprint density at radius 2 is 2.25 bits per heavy atom. The molecule has 0 spiro atoms. The normalized spacial score (nSPS) is 10.3. The van der Waals surface area contributed by atoms with Crippen LogP contribution in [0.1, 0.15) is 16.1 Å². The lowest BCUT2D eigenvalue weighted by Gasteiger charge is -2.15. The molecule has 20 heavy (non-hydrogen) atoms. The Labute approximate surface area is 122 Å². The first-order valence-electron chi connectivity index (χ1n) is 6.39. The summed E-state index contributed by atoms with van der Waals surface area (Å²) in [6.07, 6.45) is 0.675. The van der Waals surface area contributed by atoms with Crippen molar-refractivity contribution in [3.8, 4) is 0 Å².